The van der Waals surface area contributed by atoms with E-state index in [0.29, 0.717) is 5.92 Å². The second-order valence-electron chi connectivity index (χ2n) is 44.1. The predicted octanol–water partition coefficient (Wildman–Crippen LogP) is 37.8. The molecule has 18 aromatic rings. The number of hydrogen-bond donors (Lipinski definition) is 0. The van der Waals surface area contributed by atoms with Crippen LogP contribution in [0, 0.1) is 12.9 Å². The van der Waals surface area contributed by atoms with E-state index in [-0.39, 0.29) is 37.9 Å². The van der Waals surface area contributed by atoms with Gasteiger partial charge in [-0.05, 0) is 220 Å². The molecule has 4 heterocycles. The largest absolute Gasteiger partial charge is 0.309 e. The molecule has 0 N–H and O–H groups in total. The second kappa shape index (κ2) is 45.7. The SMILES string of the molecule is CC(C)(C)c1cccc(-c2cccc(-c3ccccc3)c2)c1.CC(C)(C)c1cccc(-c2ccccc2)c1.CC(C)(C)c1cccc(-n2c3ccccc3c3ccccc32)c1.CC(C)(C)c1cccc(F)n1.CC(C)(C)c1cccc2c3ccccc3n(-c3ccccc3)c12.CC(C)(C)c1ccccc1-c1ccccc1.CC(C)c1cccc(C2CCCCC2)c1.Cc1ccc(C(C)(C)C)cn1. The van der Waals surface area contributed by atoms with Crippen molar-refractivity contribution in [2.45, 2.75) is 248 Å². The molecule has 14 aromatic carbocycles. The molecule has 1 saturated carbocycles. The number of nitrogens with zero attached hydrogens (tertiary/aromatic N) is 4. The van der Waals surface area contributed by atoms with Gasteiger partial charge in [0, 0.05) is 55.9 Å². The third kappa shape index (κ3) is 28.1. The van der Waals surface area contributed by atoms with E-state index in [1.54, 1.807) is 11.6 Å². The van der Waals surface area contributed by atoms with Crippen molar-refractivity contribution in [3.05, 3.63) is 456 Å². The van der Waals surface area contributed by atoms with Gasteiger partial charge in [0.2, 0.25) is 5.95 Å². The highest BCUT2D eigenvalue weighted by atomic mass is 19.1. The van der Waals surface area contributed by atoms with Gasteiger partial charge in [-0.3, -0.25) is 4.98 Å². The molecule has 0 bridgehead atoms. The number of fused-ring (bicyclic) bond motifs is 6. The summed E-state index contributed by atoms with van der Waals surface area (Å²) < 4.78 is 17.4. The van der Waals surface area contributed by atoms with Gasteiger partial charge in [0.1, 0.15) is 0 Å². The lowest BCUT2D eigenvalue weighted by Crippen LogP contribution is -2.13. The van der Waals surface area contributed by atoms with Gasteiger partial charge in [0.25, 0.3) is 0 Å². The fourth-order valence-corrected chi connectivity index (χ4v) is 17.6. The van der Waals surface area contributed by atoms with E-state index in [2.05, 4.69) is 528 Å². The van der Waals surface area contributed by atoms with Crippen molar-refractivity contribution in [3.63, 3.8) is 0 Å². The quantitative estimate of drug-likeness (QED) is 0.142. The number of aryl methyl sites for hydroxylation is 1. The van der Waals surface area contributed by atoms with Crippen molar-refractivity contribution in [3.8, 4) is 55.9 Å². The van der Waals surface area contributed by atoms with Crippen LogP contribution in [0.3, 0.4) is 0 Å². The van der Waals surface area contributed by atoms with E-state index in [0.717, 1.165) is 17.3 Å². The Hall–Kier alpha value is -13.1. The van der Waals surface area contributed by atoms with Crippen molar-refractivity contribution >= 4 is 43.6 Å². The van der Waals surface area contributed by atoms with Gasteiger partial charge < -0.3 is 9.13 Å². The summed E-state index contributed by atoms with van der Waals surface area (Å²) in [7, 11) is 0. The van der Waals surface area contributed by atoms with E-state index in [1.165, 1.54) is 177 Å². The first-order chi connectivity index (χ1) is 65.1. The van der Waals surface area contributed by atoms with Crippen LogP contribution in [0.2, 0.25) is 0 Å². The minimum Gasteiger partial charge on any atom is -0.309 e. The lowest BCUT2D eigenvalue weighted by Gasteiger charge is -2.23. The summed E-state index contributed by atoms with van der Waals surface area (Å²) in [5.41, 5.74) is 32.0. The fraction of sp³-hybridized carbons (Fsp3) is 0.288. The Labute approximate surface area is 821 Å². The highest BCUT2D eigenvalue weighted by molar-refractivity contribution is 6.11. The normalized spacial score (nSPS) is 12.5. The van der Waals surface area contributed by atoms with Crippen LogP contribution in [0.15, 0.2) is 394 Å². The Balaban J connectivity index is 0.000000142. The van der Waals surface area contributed by atoms with E-state index >= 15 is 0 Å². The minimum absolute atomic E-state index is 0.0674. The molecule has 5 heteroatoms. The molecule has 19 rings (SSSR count). The highest BCUT2D eigenvalue weighted by Gasteiger charge is 2.26. The van der Waals surface area contributed by atoms with Crippen LogP contribution in [-0.4, -0.2) is 19.1 Å². The van der Waals surface area contributed by atoms with Gasteiger partial charge in [-0.2, -0.15) is 4.39 Å². The molecule has 4 nitrogen and oxygen atoms in total. The first-order valence-electron chi connectivity index (χ1n) is 49.5. The van der Waals surface area contributed by atoms with Crippen LogP contribution < -0.4 is 0 Å². The molecule has 1 aliphatic carbocycles. The lowest BCUT2D eigenvalue weighted by atomic mass is 9.82. The van der Waals surface area contributed by atoms with Crippen LogP contribution in [0.1, 0.15) is 259 Å². The molecular formula is C132H149FN4. The molecule has 0 radical (unpaired) electrons. The molecule has 137 heavy (non-hydrogen) atoms. The van der Waals surface area contributed by atoms with Gasteiger partial charge in [-0.15, -0.1) is 0 Å². The summed E-state index contributed by atoms with van der Waals surface area (Å²) in [4.78, 5) is 8.02. The molecule has 704 valence electrons. The monoisotopic (exact) mass is 1810 g/mol. The van der Waals surface area contributed by atoms with Crippen molar-refractivity contribution in [2.75, 3.05) is 0 Å². The van der Waals surface area contributed by atoms with Crippen molar-refractivity contribution in [2.24, 2.45) is 0 Å². The maximum Gasteiger partial charge on any atom is 0.213 e. The third-order valence-electron chi connectivity index (χ3n) is 25.7. The Bertz CT molecular complexity index is 6800. The predicted molar refractivity (Wildman–Crippen MR) is 593 cm³/mol. The first kappa shape index (κ1) is 103. The van der Waals surface area contributed by atoms with Gasteiger partial charge in [-0.1, -0.05) is 500 Å². The summed E-state index contributed by atoms with van der Waals surface area (Å²) in [6, 6.07) is 137. The van der Waals surface area contributed by atoms with Crippen molar-refractivity contribution in [1.82, 2.24) is 19.1 Å². The topological polar surface area (TPSA) is 35.6 Å². The zero-order chi connectivity index (χ0) is 98.5. The van der Waals surface area contributed by atoms with E-state index in [9.17, 15) is 4.39 Å². The van der Waals surface area contributed by atoms with Crippen molar-refractivity contribution in [1.29, 1.82) is 0 Å². The molecule has 4 aromatic heterocycles. The van der Waals surface area contributed by atoms with Gasteiger partial charge in [0.15, 0.2) is 0 Å². The van der Waals surface area contributed by atoms with Gasteiger partial charge >= 0.3 is 0 Å². The summed E-state index contributed by atoms with van der Waals surface area (Å²) in [6.07, 6.45) is 9.06. The molecule has 0 aliphatic heterocycles. The number of benzene rings is 14. The third-order valence-corrected chi connectivity index (χ3v) is 25.7. The average Bonchev–Trinajstić information content (AvgIpc) is 1.58. The maximum absolute atomic E-state index is 12.6. The van der Waals surface area contributed by atoms with Crippen LogP contribution in [0.25, 0.3) is 99.5 Å². The number of pyridine rings is 2. The Morgan fingerprint density at radius 3 is 1.14 bits per heavy atom. The molecule has 0 spiro atoms. The zero-order valence-electron chi connectivity index (χ0n) is 86.4. The maximum atomic E-state index is 12.6. The zero-order valence-corrected chi connectivity index (χ0v) is 86.4. The number of halogens is 1. The van der Waals surface area contributed by atoms with Gasteiger partial charge in [0.05, 0.1) is 22.1 Å². The molecule has 0 saturated heterocycles. The van der Waals surface area contributed by atoms with Crippen LogP contribution >= 0.6 is 0 Å². The lowest BCUT2D eigenvalue weighted by molar-refractivity contribution is 0.443. The van der Waals surface area contributed by atoms with E-state index in [1.807, 2.05) is 40.0 Å². The smallest absolute Gasteiger partial charge is 0.213 e. The Morgan fingerprint density at radius 2 is 0.664 bits per heavy atom. The van der Waals surface area contributed by atoms with Crippen LogP contribution in [0.4, 0.5) is 4.39 Å². The molecule has 1 aliphatic rings. The first-order valence-corrected chi connectivity index (χ1v) is 49.5. The Kier molecular flexibility index (Phi) is 34.3. The van der Waals surface area contributed by atoms with Crippen LogP contribution in [-0.2, 0) is 37.9 Å². The standard InChI is InChI=1S/2C22H21N.C22H22.2C16H18.C15H22.C10H15N.C9H12FN/c1-22(2,3)16-9-8-10-17(15-16)23-20-13-6-4-11-18(20)19-12-5-7-14-21(19)23;1-22(2,3)19-14-9-13-18-17-12-7-8-15-20(17)23(21(18)19)16-10-5-4-6-11-16;1-22(2,3)21-14-8-13-20(16-21)19-12-7-11-18(15-19)17-9-5-4-6-10-17;1-16(2,3)15-12-8-7-11-14(15)13-9-5-4-6-10-13;1-16(2,3)15-11-7-10-14(12-15)13-8-5-4-6-9-13;1-12(2)14-9-6-10-15(11-14)13-7-4-3-5-8-13;1-8-5-6-9(7-11-8)10(2,3)4;1-9(2,3)7-5-4-6-8(10)11-7/h2*4-15H,1-3H3;4-16H,1-3H3;2*4-12H,1-3H3;6,9-13H,3-5,7-8H2,1-2H3;5-7H,1-4H3;4-6H,1-3H3. The summed E-state index contributed by atoms with van der Waals surface area (Å²) in [6.45, 7) is 53.1. The Morgan fingerprint density at radius 1 is 0.285 bits per heavy atom. The number of rotatable bonds is 8. The minimum atomic E-state index is -0.405. The molecule has 0 amide bonds. The summed E-state index contributed by atoms with van der Waals surface area (Å²) in [5, 5.41) is 5.27. The number of hydrogen-bond acceptors (Lipinski definition) is 2. The summed E-state index contributed by atoms with van der Waals surface area (Å²) in [5.74, 6) is 1.10. The molecule has 0 unspecified atom stereocenters. The van der Waals surface area contributed by atoms with Crippen LogP contribution in [0.5, 0.6) is 0 Å². The molecular weight excluding hydrogens is 1660 g/mol. The van der Waals surface area contributed by atoms with E-state index < -0.39 is 5.95 Å². The second-order valence-corrected chi connectivity index (χ2v) is 44.1. The average molecular weight is 1810 g/mol. The van der Waals surface area contributed by atoms with E-state index in [4.69, 9.17) is 0 Å². The van der Waals surface area contributed by atoms with Crippen molar-refractivity contribution < 1.29 is 4.39 Å². The highest BCUT2D eigenvalue weighted by Crippen LogP contribution is 2.42. The molecule has 1 fully saturated rings. The van der Waals surface area contributed by atoms with Gasteiger partial charge in [-0.25, -0.2) is 4.98 Å². The fourth-order valence-electron chi connectivity index (χ4n) is 17.6. The molecule has 0 atom stereocenters. The summed E-state index contributed by atoms with van der Waals surface area (Å²) >= 11 is 0. The number of para-hydroxylation sites is 5. The number of aromatic nitrogens is 4.